The molecule has 3 rings (SSSR count). The molecule has 2 aliphatic heterocycles. The number of rotatable bonds is 2. The van der Waals surface area contributed by atoms with Crippen LogP contribution >= 0.6 is 0 Å². The predicted molar refractivity (Wildman–Crippen MR) is 59.5 cm³/mol. The molecule has 2 aliphatic rings. The Balaban J connectivity index is 1.65. The maximum atomic E-state index is 11.9. The highest BCUT2D eigenvalue weighted by Crippen LogP contribution is 2.29. The van der Waals surface area contributed by atoms with Crippen molar-refractivity contribution in [2.24, 2.45) is 0 Å². The Hall–Kier alpha value is -1.39. The summed E-state index contributed by atoms with van der Waals surface area (Å²) in [7, 11) is 0. The summed E-state index contributed by atoms with van der Waals surface area (Å²) in [5, 5.41) is 0. The Morgan fingerprint density at radius 2 is 2.06 bits per heavy atom. The van der Waals surface area contributed by atoms with Gasteiger partial charge in [-0.25, -0.2) is 4.79 Å². The van der Waals surface area contributed by atoms with E-state index < -0.39 is 0 Å². The van der Waals surface area contributed by atoms with Gasteiger partial charge in [0.2, 0.25) is 0 Å². The largest absolute Gasteiger partial charge is 0.453 e. The molecule has 90 valence electrons. The third kappa shape index (κ3) is 2.18. The summed E-state index contributed by atoms with van der Waals surface area (Å²) in [5.41, 5.74) is 0.563. The predicted octanol–water partition coefficient (Wildman–Crippen LogP) is 1.75. The number of carbonyl (C=O) groups excluding carboxylic acids is 1. The minimum atomic E-state index is -0.374. The molecule has 2 unspecified atom stereocenters. The molecule has 2 saturated heterocycles. The van der Waals surface area contributed by atoms with Crippen molar-refractivity contribution in [1.82, 2.24) is 0 Å². The fourth-order valence-electron chi connectivity index (χ4n) is 2.20. The molecule has 2 bridgehead atoms. The van der Waals surface area contributed by atoms with Gasteiger partial charge in [-0.1, -0.05) is 18.2 Å². The van der Waals surface area contributed by atoms with E-state index in [2.05, 4.69) is 0 Å². The molecular formula is C13H14O4. The zero-order chi connectivity index (χ0) is 11.7. The van der Waals surface area contributed by atoms with Gasteiger partial charge in [0.05, 0.1) is 18.3 Å². The van der Waals surface area contributed by atoms with Gasteiger partial charge in [0.25, 0.3) is 0 Å². The first-order valence-electron chi connectivity index (χ1n) is 5.86. The summed E-state index contributed by atoms with van der Waals surface area (Å²) in [4.78, 5) is 11.9. The Morgan fingerprint density at radius 3 is 2.88 bits per heavy atom. The van der Waals surface area contributed by atoms with Crippen LogP contribution in [-0.4, -0.2) is 31.1 Å². The topological polar surface area (TPSA) is 44.8 Å². The molecule has 3 atom stereocenters. The van der Waals surface area contributed by atoms with Crippen molar-refractivity contribution in [2.45, 2.75) is 31.3 Å². The Morgan fingerprint density at radius 1 is 1.24 bits per heavy atom. The molecule has 0 amide bonds. The fourth-order valence-corrected chi connectivity index (χ4v) is 2.20. The molecule has 0 radical (unpaired) electrons. The van der Waals surface area contributed by atoms with Gasteiger partial charge in [-0.2, -0.15) is 0 Å². The van der Waals surface area contributed by atoms with Gasteiger partial charge in [-0.05, 0) is 25.0 Å². The van der Waals surface area contributed by atoms with E-state index in [0.717, 1.165) is 12.8 Å². The Kier molecular flexibility index (Phi) is 2.82. The second-order valence-electron chi connectivity index (χ2n) is 4.35. The van der Waals surface area contributed by atoms with Crippen LogP contribution in [0.5, 0.6) is 0 Å². The Labute approximate surface area is 99.5 Å². The monoisotopic (exact) mass is 234 g/mol. The first kappa shape index (κ1) is 10.7. The van der Waals surface area contributed by atoms with Crippen molar-refractivity contribution in [3.05, 3.63) is 35.9 Å². The van der Waals surface area contributed by atoms with Crippen molar-refractivity contribution in [1.29, 1.82) is 0 Å². The van der Waals surface area contributed by atoms with Gasteiger partial charge < -0.3 is 14.2 Å². The lowest BCUT2D eigenvalue weighted by Crippen LogP contribution is -2.36. The van der Waals surface area contributed by atoms with Crippen LogP contribution < -0.4 is 0 Å². The van der Waals surface area contributed by atoms with Gasteiger partial charge in [0.1, 0.15) is 0 Å². The molecule has 2 fully saturated rings. The maximum absolute atomic E-state index is 11.9. The number of hydrogen-bond acceptors (Lipinski definition) is 4. The SMILES string of the molecule is O=C(OC1CCC2CO[C@@H]1O2)c1ccccc1. The summed E-state index contributed by atoms with van der Waals surface area (Å²) in [6.07, 6.45) is 1.24. The molecule has 0 spiro atoms. The van der Waals surface area contributed by atoms with E-state index in [4.69, 9.17) is 14.2 Å². The third-order valence-electron chi connectivity index (χ3n) is 3.12. The van der Waals surface area contributed by atoms with Gasteiger partial charge in [-0.15, -0.1) is 0 Å². The molecule has 0 saturated carbocycles. The summed E-state index contributed by atoms with van der Waals surface area (Å²) in [5.74, 6) is -0.312. The summed E-state index contributed by atoms with van der Waals surface area (Å²) in [6.45, 7) is 0.615. The number of ether oxygens (including phenoxy) is 3. The minimum Gasteiger partial charge on any atom is -0.453 e. The van der Waals surface area contributed by atoms with E-state index in [9.17, 15) is 4.79 Å². The normalized spacial score (nSPS) is 31.2. The molecule has 0 N–H and O–H groups in total. The highest BCUT2D eigenvalue weighted by molar-refractivity contribution is 5.89. The van der Waals surface area contributed by atoms with Crippen LogP contribution in [0.15, 0.2) is 30.3 Å². The molecule has 1 aromatic carbocycles. The zero-order valence-corrected chi connectivity index (χ0v) is 9.37. The van der Waals surface area contributed by atoms with Gasteiger partial charge >= 0.3 is 5.97 Å². The lowest BCUT2D eigenvalue weighted by atomic mass is 10.1. The van der Waals surface area contributed by atoms with Crippen LogP contribution in [0.1, 0.15) is 23.2 Å². The minimum absolute atomic E-state index is 0.187. The summed E-state index contributed by atoms with van der Waals surface area (Å²) >= 11 is 0. The molecule has 17 heavy (non-hydrogen) atoms. The van der Waals surface area contributed by atoms with Crippen LogP contribution in [0.4, 0.5) is 0 Å². The van der Waals surface area contributed by atoms with Crippen LogP contribution in [-0.2, 0) is 14.2 Å². The van der Waals surface area contributed by atoms with Gasteiger partial charge in [0.15, 0.2) is 12.4 Å². The van der Waals surface area contributed by atoms with E-state index in [1.54, 1.807) is 12.1 Å². The average Bonchev–Trinajstić information content (AvgIpc) is 2.77. The number of hydrogen-bond donors (Lipinski definition) is 0. The standard InChI is InChI=1S/C13H14O4/c14-12(9-4-2-1-3-5-9)17-11-7-6-10-8-15-13(11)16-10/h1-5,10-11,13H,6-8H2/t10?,11?,13-/m1/s1. The quantitative estimate of drug-likeness (QED) is 0.731. The third-order valence-corrected chi connectivity index (χ3v) is 3.12. The number of fused-ring (bicyclic) bond motifs is 2. The molecule has 4 heteroatoms. The molecular weight excluding hydrogens is 220 g/mol. The smallest absolute Gasteiger partial charge is 0.338 e. The molecule has 1 aromatic rings. The van der Waals surface area contributed by atoms with Crippen LogP contribution in [0.2, 0.25) is 0 Å². The zero-order valence-electron chi connectivity index (χ0n) is 9.37. The van der Waals surface area contributed by atoms with Crippen molar-refractivity contribution >= 4 is 5.97 Å². The second kappa shape index (κ2) is 4.47. The summed E-state index contributed by atoms with van der Waals surface area (Å²) in [6, 6.07) is 8.98. The van der Waals surface area contributed by atoms with E-state index >= 15 is 0 Å². The highest BCUT2D eigenvalue weighted by atomic mass is 16.7. The first-order valence-corrected chi connectivity index (χ1v) is 5.86. The van der Waals surface area contributed by atoms with E-state index in [0.29, 0.717) is 12.2 Å². The van der Waals surface area contributed by atoms with E-state index in [1.807, 2.05) is 18.2 Å². The van der Waals surface area contributed by atoms with Gasteiger partial charge in [0, 0.05) is 0 Å². The fraction of sp³-hybridized carbons (Fsp3) is 0.462. The second-order valence-corrected chi connectivity index (χ2v) is 4.35. The van der Waals surface area contributed by atoms with Crippen molar-refractivity contribution in [3.63, 3.8) is 0 Å². The molecule has 4 nitrogen and oxygen atoms in total. The van der Waals surface area contributed by atoms with Crippen LogP contribution in [0.3, 0.4) is 0 Å². The lowest BCUT2D eigenvalue weighted by molar-refractivity contribution is -0.155. The van der Waals surface area contributed by atoms with E-state index in [-0.39, 0.29) is 24.5 Å². The number of carbonyl (C=O) groups is 1. The molecule has 0 aliphatic carbocycles. The number of benzene rings is 1. The highest BCUT2D eigenvalue weighted by Gasteiger charge is 2.40. The van der Waals surface area contributed by atoms with Crippen molar-refractivity contribution < 1.29 is 19.0 Å². The molecule has 0 aromatic heterocycles. The Bertz CT molecular complexity index is 403. The summed E-state index contributed by atoms with van der Waals surface area (Å²) < 4.78 is 16.4. The molecule has 2 heterocycles. The van der Waals surface area contributed by atoms with Crippen molar-refractivity contribution in [2.75, 3.05) is 6.61 Å². The van der Waals surface area contributed by atoms with E-state index in [1.165, 1.54) is 0 Å². The van der Waals surface area contributed by atoms with Crippen LogP contribution in [0.25, 0.3) is 0 Å². The maximum Gasteiger partial charge on any atom is 0.338 e. The number of esters is 1. The average molecular weight is 234 g/mol. The first-order chi connectivity index (χ1) is 8.33. The van der Waals surface area contributed by atoms with Gasteiger partial charge in [-0.3, -0.25) is 0 Å². The van der Waals surface area contributed by atoms with Crippen molar-refractivity contribution in [3.8, 4) is 0 Å². The van der Waals surface area contributed by atoms with Crippen LogP contribution in [0, 0.1) is 0 Å². The lowest BCUT2D eigenvalue weighted by Gasteiger charge is -2.26.